The molecule has 1 unspecified atom stereocenters. The van der Waals surface area contributed by atoms with Crippen molar-refractivity contribution >= 4 is 46.7 Å². The molecule has 148 valence electrons. The molecule has 0 heterocycles. The molecule has 0 saturated heterocycles. The van der Waals surface area contributed by atoms with Crippen LogP contribution in [-0.2, 0) is 4.84 Å². The van der Waals surface area contributed by atoms with E-state index < -0.39 is 18.1 Å². The summed E-state index contributed by atoms with van der Waals surface area (Å²) in [5.74, 6) is -1.57. The number of aliphatic hydroxyl groups is 1. The quantitative estimate of drug-likeness (QED) is 0.418. The Hall–Kier alpha value is -2.57. The van der Waals surface area contributed by atoms with Crippen molar-refractivity contribution in [2.75, 3.05) is 0 Å². The Morgan fingerprint density at radius 3 is 1.62 bits per heavy atom. The van der Waals surface area contributed by atoms with E-state index in [1.165, 1.54) is 60.7 Å². The molecule has 0 aromatic heterocycles. The second kappa shape index (κ2) is 9.29. The van der Waals surface area contributed by atoms with E-state index >= 15 is 0 Å². The third-order valence-corrected chi connectivity index (χ3v) is 4.70. The highest BCUT2D eigenvalue weighted by atomic mass is 35.5. The van der Waals surface area contributed by atoms with Crippen LogP contribution >= 0.6 is 34.8 Å². The van der Waals surface area contributed by atoms with Crippen molar-refractivity contribution in [2.45, 2.75) is 6.23 Å². The number of rotatable bonds is 4. The number of carbonyl (C=O) groups excluding carboxylic acids is 2. The lowest BCUT2D eigenvalue weighted by Crippen LogP contribution is -2.37. The van der Waals surface area contributed by atoms with E-state index in [1.54, 1.807) is 12.1 Å². The Kier molecular flexibility index (Phi) is 6.77. The highest BCUT2D eigenvalue weighted by Gasteiger charge is 2.29. The van der Waals surface area contributed by atoms with E-state index in [0.29, 0.717) is 25.7 Å². The summed E-state index contributed by atoms with van der Waals surface area (Å²) in [7, 11) is 0. The van der Waals surface area contributed by atoms with Crippen molar-refractivity contribution in [3.63, 3.8) is 0 Å². The molecular formula is C21H14Cl3NO4. The van der Waals surface area contributed by atoms with Gasteiger partial charge in [-0.05, 0) is 60.7 Å². The zero-order valence-electron chi connectivity index (χ0n) is 14.8. The minimum atomic E-state index is -1.56. The molecule has 3 aromatic carbocycles. The summed E-state index contributed by atoms with van der Waals surface area (Å²) in [5, 5.41) is 12.7. The summed E-state index contributed by atoms with van der Waals surface area (Å²) in [6, 6.07) is 18.0. The predicted octanol–water partition coefficient (Wildman–Crippen LogP) is 5.55. The minimum Gasteiger partial charge on any atom is -0.367 e. The molecule has 29 heavy (non-hydrogen) atoms. The van der Waals surface area contributed by atoms with Gasteiger partial charge >= 0.3 is 5.97 Å². The lowest BCUT2D eigenvalue weighted by molar-refractivity contribution is -0.166. The highest BCUT2D eigenvalue weighted by molar-refractivity contribution is 6.31. The second-order valence-electron chi connectivity index (χ2n) is 5.95. The summed E-state index contributed by atoms with van der Waals surface area (Å²) < 4.78 is 0. The molecule has 0 bridgehead atoms. The van der Waals surface area contributed by atoms with Crippen molar-refractivity contribution in [1.82, 2.24) is 5.06 Å². The average molecular weight is 451 g/mol. The number of hydrogen-bond acceptors (Lipinski definition) is 4. The Morgan fingerprint density at radius 2 is 1.14 bits per heavy atom. The van der Waals surface area contributed by atoms with Gasteiger partial charge in [-0.1, -0.05) is 46.9 Å². The fraction of sp³-hybridized carbons (Fsp3) is 0.0476. The van der Waals surface area contributed by atoms with Gasteiger partial charge in [0.2, 0.25) is 0 Å². The molecule has 8 heteroatoms. The molecule has 3 rings (SSSR count). The normalized spacial score (nSPS) is 11.6. The van der Waals surface area contributed by atoms with Crippen LogP contribution < -0.4 is 0 Å². The van der Waals surface area contributed by atoms with E-state index in [9.17, 15) is 14.7 Å². The second-order valence-corrected chi connectivity index (χ2v) is 7.26. The van der Waals surface area contributed by atoms with Crippen LogP contribution in [0.15, 0.2) is 72.8 Å². The summed E-state index contributed by atoms with van der Waals surface area (Å²) in [6.45, 7) is 0. The van der Waals surface area contributed by atoms with E-state index in [4.69, 9.17) is 39.6 Å². The summed E-state index contributed by atoms with van der Waals surface area (Å²) in [4.78, 5) is 30.7. The van der Waals surface area contributed by atoms with E-state index in [0.717, 1.165) is 0 Å². The highest BCUT2D eigenvalue weighted by Crippen LogP contribution is 2.24. The van der Waals surface area contributed by atoms with Gasteiger partial charge in [0.05, 0.1) is 5.56 Å². The zero-order chi connectivity index (χ0) is 21.0. The number of benzene rings is 3. The van der Waals surface area contributed by atoms with Crippen LogP contribution in [0.5, 0.6) is 0 Å². The van der Waals surface area contributed by atoms with E-state index in [-0.39, 0.29) is 11.1 Å². The molecule has 1 N–H and O–H groups in total. The molecule has 0 aliphatic rings. The lowest BCUT2D eigenvalue weighted by Gasteiger charge is -2.26. The number of halogens is 3. The van der Waals surface area contributed by atoms with Gasteiger partial charge in [-0.2, -0.15) is 0 Å². The maximum Gasteiger partial charge on any atom is 0.363 e. The van der Waals surface area contributed by atoms with Gasteiger partial charge < -0.3 is 9.94 Å². The maximum atomic E-state index is 13.0. The number of hydroxylamine groups is 2. The van der Waals surface area contributed by atoms with E-state index in [2.05, 4.69) is 0 Å². The smallest absolute Gasteiger partial charge is 0.363 e. The molecule has 0 aliphatic carbocycles. The fourth-order valence-corrected chi connectivity index (χ4v) is 2.80. The molecule has 0 spiro atoms. The molecule has 3 aromatic rings. The lowest BCUT2D eigenvalue weighted by atomic mass is 10.1. The number of aliphatic hydroxyl groups excluding tert-OH is 1. The monoisotopic (exact) mass is 449 g/mol. The summed E-state index contributed by atoms with van der Waals surface area (Å²) >= 11 is 17.6. The Labute approximate surface area is 181 Å². The topological polar surface area (TPSA) is 66.8 Å². The number of amides is 1. The van der Waals surface area contributed by atoms with Gasteiger partial charge in [-0.3, -0.25) is 4.79 Å². The third-order valence-electron chi connectivity index (χ3n) is 3.94. The van der Waals surface area contributed by atoms with Gasteiger partial charge in [0.15, 0.2) is 6.23 Å². The summed E-state index contributed by atoms with van der Waals surface area (Å²) in [6.07, 6.45) is -1.56. The van der Waals surface area contributed by atoms with Crippen LogP contribution in [0.2, 0.25) is 15.1 Å². The Morgan fingerprint density at radius 1 is 0.724 bits per heavy atom. The zero-order valence-corrected chi connectivity index (χ0v) is 17.0. The van der Waals surface area contributed by atoms with Crippen molar-refractivity contribution in [3.8, 4) is 0 Å². The van der Waals surface area contributed by atoms with Crippen molar-refractivity contribution in [2.24, 2.45) is 0 Å². The SMILES string of the molecule is O=C(ON(C(=O)c1ccc(Cl)cc1)C(O)c1ccc(Cl)cc1)c1ccc(Cl)cc1. The van der Waals surface area contributed by atoms with Crippen molar-refractivity contribution in [1.29, 1.82) is 0 Å². The van der Waals surface area contributed by atoms with E-state index in [1.807, 2.05) is 0 Å². The molecule has 0 saturated carbocycles. The standard InChI is InChI=1S/C21H14Cl3NO4/c22-16-7-1-13(2-8-16)19(26)25(20(27)14-3-9-17(23)10-4-14)29-21(28)15-5-11-18(24)12-6-15/h1-12,19,26H. The van der Waals surface area contributed by atoms with Crippen LogP contribution in [0.25, 0.3) is 0 Å². The first-order chi connectivity index (χ1) is 13.8. The maximum absolute atomic E-state index is 13.0. The van der Waals surface area contributed by atoms with Crippen molar-refractivity contribution in [3.05, 3.63) is 105 Å². The molecular weight excluding hydrogens is 437 g/mol. The number of hydrogen-bond donors (Lipinski definition) is 1. The first-order valence-electron chi connectivity index (χ1n) is 8.35. The molecule has 0 fully saturated rings. The molecule has 5 nitrogen and oxygen atoms in total. The van der Waals surface area contributed by atoms with Crippen LogP contribution in [0.1, 0.15) is 32.5 Å². The Balaban J connectivity index is 1.92. The van der Waals surface area contributed by atoms with Gasteiger partial charge in [0, 0.05) is 26.2 Å². The van der Waals surface area contributed by atoms with Crippen LogP contribution in [0, 0.1) is 0 Å². The largest absolute Gasteiger partial charge is 0.367 e. The van der Waals surface area contributed by atoms with Gasteiger partial charge in [-0.15, -0.1) is 5.06 Å². The number of nitrogens with zero attached hydrogens (tertiary/aromatic N) is 1. The van der Waals surface area contributed by atoms with Crippen molar-refractivity contribution < 1.29 is 19.5 Å². The molecule has 0 radical (unpaired) electrons. The predicted molar refractivity (Wildman–Crippen MR) is 111 cm³/mol. The average Bonchev–Trinajstić information content (AvgIpc) is 2.72. The van der Waals surface area contributed by atoms with Gasteiger partial charge in [0.1, 0.15) is 0 Å². The summed E-state index contributed by atoms with van der Waals surface area (Å²) in [5.41, 5.74) is 0.638. The van der Waals surface area contributed by atoms with Crippen LogP contribution in [0.4, 0.5) is 0 Å². The Bertz CT molecular complexity index is 1010. The van der Waals surface area contributed by atoms with Gasteiger partial charge in [-0.25, -0.2) is 4.79 Å². The fourth-order valence-electron chi connectivity index (χ4n) is 2.42. The first kappa shape index (κ1) is 21.1. The molecule has 1 atom stereocenters. The third kappa shape index (κ3) is 5.28. The number of carbonyl (C=O) groups is 2. The first-order valence-corrected chi connectivity index (χ1v) is 9.49. The van der Waals surface area contributed by atoms with Gasteiger partial charge in [0.25, 0.3) is 5.91 Å². The molecule has 1 amide bonds. The molecule has 0 aliphatic heterocycles. The minimum absolute atomic E-state index is 0.159. The van der Waals surface area contributed by atoms with Crippen LogP contribution in [0.3, 0.4) is 0 Å². The van der Waals surface area contributed by atoms with Crippen LogP contribution in [-0.4, -0.2) is 22.0 Å².